The van der Waals surface area contributed by atoms with Crippen molar-refractivity contribution < 1.29 is 22.8 Å². The van der Waals surface area contributed by atoms with Crippen molar-refractivity contribution in [3.63, 3.8) is 0 Å². The molecule has 5 heterocycles. The highest BCUT2D eigenvalue weighted by Crippen LogP contribution is 2.56. The number of fused-ring (bicyclic) bond motifs is 1. The molecule has 6 rings (SSSR count). The van der Waals surface area contributed by atoms with Crippen LogP contribution in [0.15, 0.2) is 36.7 Å². The standard InChI is InChI=1S/C34H51N5O5Si2/c1-32(2,3)45(10,11)43-27-26-24(20-41-46(44-26,33(4,5)6)34(7,8)9)42-31(27)39-29-25-23(37-39)18-15-19-38(28(25)35-21-36-29)30(40)22-16-13-12-14-17-22/h12-14,16-17,21,24,26-27,31H,15,18-20H2,1-11H3/t24-,26-,27-,31-/m1/s1. The van der Waals surface area contributed by atoms with Gasteiger partial charge in [-0.15, -0.1) is 0 Å². The van der Waals surface area contributed by atoms with Crippen molar-refractivity contribution in [3.05, 3.63) is 47.9 Å². The van der Waals surface area contributed by atoms with Crippen molar-refractivity contribution in [3.8, 4) is 0 Å². The van der Waals surface area contributed by atoms with E-state index in [1.165, 1.54) is 6.33 Å². The second-order valence-electron chi connectivity index (χ2n) is 16.6. The Morgan fingerprint density at radius 1 is 1.00 bits per heavy atom. The third-order valence-corrected chi connectivity index (χ3v) is 19.9. The van der Waals surface area contributed by atoms with Gasteiger partial charge in [0.1, 0.15) is 30.5 Å². The minimum atomic E-state index is -2.82. The van der Waals surface area contributed by atoms with Crippen LogP contribution < -0.4 is 4.90 Å². The summed E-state index contributed by atoms with van der Waals surface area (Å²) < 4.78 is 30.2. The summed E-state index contributed by atoms with van der Waals surface area (Å²) >= 11 is 0. The number of amides is 1. The fraction of sp³-hybridized carbons (Fsp3) is 0.647. The number of benzene rings is 1. The van der Waals surface area contributed by atoms with Crippen LogP contribution in [0.25, 0.3) is 11.0 Å². The van der Waals surface area contributed by atoms with Gasteiger partial charge in [-0.2, -0.15) is 5.10 Å². The number of aryl methyl sites for hydroxylation is 1. The summed E-state index contributed by atoms with van der Waals surface area (Å²) in [5.74, 6) is 0.501. The van der Waals surface area contributed by atoms with Crippen LogP contribution in [0.3, 0.4) is 0 Å². The number of carbonyl (C=O) groups excluding carboxylic acids is 1. The Bertz CT molecular complexity index is 1590. The molecular formula is C34H51N5O5Si2. The van der Waals surface area contributed by atoms with Crippen LogP contribution in [-0.4, -0.2) is 74.0 Å². The second-order valence-corrected chi connectivity index (χ2v) is 26.1. The first-order valence-corrected chi connectivity index (χ1v) is 21.3. The highest BCUT2D eigenvalue weighted by Gasteiger charge is 2.66. The molecular weight excluding hydrogens is 615 g/mol. The maximum absolute atomic E-state index is 13.7. The van der Waals surface area contributed by atoms with E-state index in [-0.39, 0.29) is 33.2 Å². The van der Waals surface area contributed by atoms with E-state index in [1.807, 2.05) is 35.0 Å². The van der Waals surface area contributed by atoms with Crippen molar-refractivity contribution >= 4 is 39.6 Å². The molecule has 3 aromatic rings. The summed E-state index contributed by atoms with van der Waals surface area (Å²) in [7, 11) is -5.13. The quantitative estimate of drug-likeness (QED) is 0.271. The summed E-state index contributed by atoms with van der Waals surface area (Å²) in [5, 5.41) is 5.55. The van der Waals surface area contributed by atoms with Crippen LogP contribution in [0.2, 0.25) is 28.2 Å². The molecule has 46 heavy (non-hydrogen) atoms. The van der Waals surface area contributed by atoms with Crippen LogP contribution in [0.1, 0.15) is 91.0 Å². The van der Waals surface area contributed by atoms with Crippen molar-refractivity contribution in [1.82, 2.24) is 19.7 Å². The van der Waals surface area contributed by atoms with E-state index >= 15 is 0 Å². The molecule has 1 aromatic carbocycles. The fourth-order valence-electron chi connectivity index (χ4n) is 7.19. The second kappa shape index (κ2) is 11.3. The van der Waals surface area contributed by atoms with Gasteiger partial charge in [0.2, 0.25) is 0 Å². The Morgan fingerprint density at radius 3 is 2.30 bits per heavy atom. The van der Waals surface area contributed by atoms with Crippen molar-refractivity contribution in [2.24, 2.45) is 0 Å². The zero-order valence-electron chi connectivity index (χ0n) is 29.4. The van der Waals surface area contributed by atoms with E-state index in [2.05, 4.69) is 80.4 Å². The Hall–Kier alpha value is -2.49. The number of hydrogen-bond donors (Lipinski definition) is 0. The van der Waals surface area contributed by atoms with Gasteiger partial charge >= 0.3 is 8.56 Å². The number of rotatable bonds is 4. The number of ether oxygens (including phenoxy) is 1. The van der Waals surface area contributed by atoms with Gasteiger partial charge in [0.05, 0.1) is 17.7 Å². The third-order valence-electron chi connectivity index (χ3n) is 10.3. The predicted molar refractivity (Wildman–Crippen MR) is 184 cm³/mol. The number of hydrogen-bond acceptors (Lipinski definition) is 8. The molecule has 250 valence electrons. The summed E-state index contributed by atoms with van der Waals surface area (Å²) in [4.78, 5) is 24.9. The fourth-order valence-corrected chi connectivity index (χ4v) is 13.4. The van der Waals surface area contributed by atoms with Crippen LogP contribution in [0.5, 0.6) is 0 Å². The van der Waals surface area contributed by atoms with E-state index in [9.17, 15) is 4.79 Å². The van der Waals surface area contributed by atoms with Gasteiger partial charge in [0.25, 0.3) is 5.91 Å². The first-order chi connectivity index (χ1) is 21.4. The molecule has 0 N–H and O–H groups in total. The summed E-state index contributed by atoms with van der Waals surface area (Å²) in [5.41, 5.74) is 2.12. The lowest BCUT2D eigenvalue weighted by Gasteiger charge is -2.54. The van der Waals surface area contributed by atoms with E-state index in [0.29, 0.717) is 36.6 Å². The molecule has 0 radical (unpaired) electrons. The minimum Gasteiger partial charge on any atom is -0.407 e. The van der Waals surface area contributed by atoms with Crippen LogP contribution in [-0.2, 0) is 24.4 Å². The first kappa shape index (κ1) is 33.4. The molecule has 4 atom stereocenters. The maximum atomic E-state index is 13.7. The van der Waals surface area contributed by atoms with Crippen LogP contribution in [0, 0.1) is 0 Å². The molecule has 12 heteroatoms. The summed E-state index contributed by atoms with van der Waals surface area (Å²) in [6.45, 7) is 25.7. The SMILES string of the molecule is CC(C)(C)[Si](C)(C)O[C@@H]1[C@@H]2O[Si](C(C)(C)C)(C(C)(C)C)OC[C@H]2O[C@H]1n1nc2c3c(ncnc31)N(C(=O)c1ccccc1)CCC2. The maximum Gasteiger partial charge on any atom is 0.349 e. The zero-order valence-corrected chi connectivity index (χ0v) is 31.4. The van der Waals surface area contributed by atoms with Gasteiger partial charge in [0.15, 0.2) is 20.2 Å². The Labute approximate surface area is 275 Å². The van der Waals surface area contributed by atoms with E-state index in [4.69, 9.17) is 28.1 Å². The van der Waals surface area contributed by atoms with Gasteiger partial charge in [-0.3, -0.25) is 9.69 Å². The molecule has 2 aromatic heterocycles. The lowest BCUT2D eigenvalue weighted by atomic mass is 10.1. The van der Waals surface area contributed by atoms with Gasteiger partial charge in [-0.05, 0) is 43.1 Å². The molecule has 0 aliphatic carbocycles. The summed E-state index contributed by atoms with van der Waals surface area (Å²) in [6, 6.07) is 9.36. The Kier molecular flexibility index (Phi) is 8.21. The number of carbonyl (C=O) groups is 1. The topological polar surface area (TPSA) is 101 Å². The van der Waals surface area contributed by atoms with Crippen LogP contribution in [0.4, 0.5) is 5.82 Å². The average molecular weight is 666 g/mol. The molecule has 2 saturated heterocycles. The molecule has 3 aliphatic rings. The smallest absolute Gasteiger partial charge is 0.349 e. The Morgan fingerprint density at radius 2 is 1.67 bits per heavy atom. The normalized spacial score (nSPS) is 25.4. The molecule has 10 nitrogen and oxygen atoms in total. The van der Waals surface area contributed by atoms with Gasteiger partial charge in [-0.25, -0.2) is 14.6 Å². The highest BCUT2D eigenvalue weighted by atomic mass is 28.4. The van der Waals surface area contributed by atoms with E-state index in [0.717, 1.165) is 17.5 Å². The van der Waals surface area contributed by atoms with Crippen LogP contribution >= 0.6 is 0 Å². The van der Waals surface area contributed by atoms with Crippen molar-refractivity contribution in [2.75, 3.05) is 18.1 Å². The van der Waals surface area contributed by atoms with Gasteiger partial charge < -0.3 is 18.0 Å². The average Bonchev–Trinajstić information content (AvgIpc) is 3.44. The molecule has 1 amide bonds. The third kappa shape index (κ3) is 5.38. The largest absolute Gasteiger partial charge is 0.407 e. The van der Waals surface area contributed by atoms with E-state index < -0.39 is 29.2 Å². The van der Waals surface area contributed by atoms with Crippen molar-refractivity contribution in [1.29, 1.82) is 0 Å². The molecule has 0 unspecified atom stereocenters. The molecule has 3 aliphatic heterocycles. The summed E-state index contributed by atoms with van der Waals surface area (Å²) in [6.07, 6.45) is 1.31. The molecule has 2 fully saturated rings. The Balaban J connectivity index is 1.46. The van der Waals surface area contributed by atoms with Crippen molar-refractivity contribution in [2.45, 2.75) is 128 Å². The first-order valence-electron chi connectivity index (χ1n) is 16.6. The van der Waals surface area contributed by atoms with Gasteiger partial charge in [-0.1, -0.05) is 80.5 Å². The molecule has 0 spiro atoms. The highest BCUT2D eigenvalue weighted by molar-refractivity contribution is 6.74. The lowest BCUT2D eigenvalue weighted by Crippen LogP contribution is -2.66. The monoisotopic (exact) mass is 665 g/mol. The zero-order chi connectivity index (χ0) is 33.4. The number of aromatic nitrogens is 4. The molecule has 0 bridgehead atoms. The predicted octanol–water partition coefficient (Wildman–Crippen LogP) is 7.16. The number of anilines is 1. The molecule has 0 saturated carbocycles. The minimum absolute atomic E-state index is 0.0325. The van der Waals surface area contributed by atoms with E-state index in [1.54, 1.807) is 4.90 Å². The lowest BCUT2D eigenvalue weighted by molar-refractivity contribution is -0.0815. The number of nitrogens with zero attached hydrogens (tertiary/aromatic N) is 5. The van der Waals surface area contributed by atoms with Gasteiger partial charge in [0, 0.05) is 22.2 Å².